The molecule has 3 heterocycles. The summed E-state index contributed by atoms with van der Waals surface area (Å²) in [4.78, 5) is 9.00. The van der Waals surface area contributed by atoms with Crippen LogP contribution in [0.15, 0.2) is 36.7 Å². The van der Waals surface area contributed by atoms with Crippen molar-refractivity contribution in [3.05, 3.63) is 42.2 Å². The van der Waals surface area contributed by atoms with Gasteiger partial charge < -0.3 is 15.5 Å². The van der Waals surface area contributed by atoms with Crippen molar-refractivity contribution in [2.24, 2.45) is 5.73 Å². The number of pyridine rings is 1. The fourth-order valence-corrected chi connectivity index (χ4v) is 2.35. The zero-order chi connectivity index (χ0) is 13.8. The number of aromatic nitrogens is 3. The van der Waals surface area contributed by atoms with Crippen molar-refractivity contribution in [3.63, 3.8) is 0 Å². The molecule has 0 aliphatic carbocycles. The largest absolute Gasteiger partial charge is 0.353 e. The average molecular weight is 270 g/mol. The van der Waals surface area contributed by atoms with Crippen LogP contribution in [-0.2, 0) is 6.54 Å². The highest BCUT2D eigenvalue weighted by molar-refractivity contribution is 5.44. The Bertz CT molecular complexity index is 533. The van der Waals surface area contributed by atoms with Gasteiger partial charge in [0.2, 0.25) is 0 Å². The van der Waals surface area contributed by atoms with E-state index >= 15 is 0 Å². The molecule has 0 unspecified atom stereocenters. The molecule has 104 valence electrons. The lowest BCUT2D eigenvalue weighted by Gasteiger charge is -2.35. The standard InChI is InChI=1S/C14H18N6/c15-10-12-3-4-13(16-11-12)19-6-8-20(9-7-19)14-2-1-5-17-18-14/h1-5,11H,6-10,15H2. The Morgan fingerprint density at radius 3 is 2.30 bits per heavy atom. The number of rotatable bonds is 3. The third-order valence-electron chi connectivity index (χ3n) is 3.53. The minimum absolute atomic E-state index is 0.535. The van der Waals surface area contributed by atoms with Gasteiger partial charge in [0.25, 0.3) is 0 Å². The van der Waals surface area contributed by atoms with E-state index in [1.165, 1.54) is 0 Å². The van der Waals surface area contributed by atoms with E-state index in [0.717, 1.165) is 43.4 Å². The molecule has 1 aliphatic heterocycles. The lowest BCUT2D eigenvalue weighted by atomic mass is 10.2. The van der Waals surface area contributed by atoms with Crippen LogP contribution < -0.4 is 15.5 Å². The first-order valence-corrected chi connectivity index (χ1v) is 6.79. The maximum atomic E-state index is 5.59. The summed E-state index contributed by atoms with van der Waals surface area (Å²) in [5.41, 5.74) is 6.65. The van der Waals surface area contributed by atoms with Crippen molar-refractivity contribution in [3.8, 4) is 0 Å². The van der Waals surface area contributed by atoms with Gasteiger partial charge in [-0.3, -0.25) is 0 Å². The molecule has 0 aromatic carbocycles. The molecule has 1 fully saturated rings. The van der Waals surface area contributed by atoms with Gasteiger partial charge in [0.05, 0.1) is 0 Å². The van der Waals surface area contributed by atoms with Crippen molar-refractivity contribution in [1.82, 2.24) is 15.2 Å². The summed E-state index contributed by atoms with van der Waals surface area (Å²) in [6, 6.07) is 8.00. The molecule has 2 N–H and O–H groups in total. The molecular weight excluding hydrogens is 252 g/mol. The van der Waals surface area contributed by atoms with Crippen molar-refractivity contribution in [2.75, 3.05) is 36.0 Å². The zero-order valence-corrected chi connectivity index (χ0v) is 11.3. The van der Waals surface area contributed by atoms with Gasteiger partial charge >= 0.3 is 0 Å². The number of nitrogens with zero attached hydrogens (tertiary/aromatic N) is 5. The highest BCUT2D eigenvalue weighted by Crippen LogP contribution is 2.16. The van der Waals surface area contributed by atoms with E-state index in [4.69, 9.17) is 5.73 Å². The highest BCUT2D eigenvalue weighted by atomic mass is 15.3. The van der Waals surface area contributed by atoms with Gasteiger partial charge in [0.15, 0.2) is 5.82 Å². The normalized spacial score (nSPS) is 15.4. The van der Waals surface area contributed by atoms with Crippen LogP contribution in [0.4, 0.5) is 11.6 Å². The minimum atomic E-state index is 0.535. The van der Waals surface area contributed by atoms with E-state index < -0.39 is 0 Å². The highest BCUT2D eigenvalue weighted by Gasteiger charge is 2.18. The maximum absolute atomic E-state index is 5.59. The molecule has 0 spiro atoms. The first-order valence-electron chi connectivity index (χ1n) is 6.79. The Morgan fingerprint density at radius 1 is 1.00 bits per heavy atom. The fraction of sp³-hybridized carbons (Fsp3) is 0.357. The Kier molecular flexibility index (Phi) is 3.73. The third kappa shape index (κ3) is 2.70. The Morgan fingerprint density at radius 2 is 1.75 bits per heavy atom. The lowest BCUT2D eigenvalue weighted by molar-refractivity contribution is 0.638. The van der Waals surface area contributed by atoms with Crippen LogP contribution in [-0.4, -0.2) is 41.4 Å². The molecule has 1 aliphatic rings. The van der Waals surface area contributed by atoms with Gasteiger partial charge in [-0.15, -0.1) is 5.10 Å². The van der Waals surface area contributed by atoms with Gasteiger partial charge in [-0.2, -0.15) is 5.10 Å². The number of hydrogen-bond acceptors (Lipinski definition) is 6. The van der Waals surface area contributed by atoms with Crippen LogP contribution >= 0.6 is 0 Å². The molecule has 0 radical (unpaired) electrons. The summed E-state index contributed by atoms with van der Waals surface area (Å²) in [6.07, 6.45) is 3.55. The lowest BCUT2D eigenvalue weighted by Crippen LogP contribution is -2.47. The Hall–Kier alpha value is -2.21. The smallest absolute Gasteiger partial charge is 0.151 e. The Labute approximate surface area is 118 Å². The van der Waals surface area contributed by atoms with Gasteiger partial charge in [-0.1, -0.05) is 6.07 Å². The van der Waals surface area contributed by atoms with Gasteiger partial charge in [-0.05, 0) is 23.8 Å². The fourth-order valence-electron chi connectivity index (χ4n) is 2.35. The van der Waals surface area contributed by atoms with Crippen LogP contribution in [0.5, 0.6) is 0 Å². The number of anilines is 2. The van der Waals surface area contributed by atoms with Crippen molar-refractivity contribution in [1.29, 1.82) is 0 Å². The maximum Gasteiger partial charge on any atom is 0.151 e. The molecule has 0 bridgehead atoms. The van der Waals surface area contributed by atoms with Crippen molar-refractivity contribution < 1.29 is 0 Å². The van der Waals surface area contributed by atoms with Gasteiger partial charge in [0, 0.05) is 45.1 Å². The van der Waals surface area contributed by atoms with E-state index in [-0.39, 0.29) is 0 Å². The molecule has 0 saturated carbocycles. The summed E-state index contributed by atoms with van der Waals surface area (Å²) in [6.45, 7) is 4.27. The van der Waals surface area contributed by atoms with Crippen molar-refractivity contribution in [2.45, 2.75) is 6.54 Å². The summed E-state index contributed by atoms with van der Waals surface area (Å²) >= 11 is 0. The average Bonchev–Trinajstić information content (AvgIpc) is 2.56. The summed E-state index contributed by atoms with van der Waals surface area (Å²) in [5, 5.41) is 8.08. The second-order valence-electron chi connectivity index (χ2n) is 4.78. The molecule has 0 atom stereocenters. The predicted molar refractivity (Wildman–Crippen MR) is 78.6 cm³/mol. The number of piperazine rings is 1. The summed E-state index contributed by atoms with van der Waals surface area (Å²) in [5.74, 6) is 1.96. The van der Waals surface area contributed by atoms with E-state index in [1.807, 2.05) is 30.5 Å². The first kappa shape index (κ1) is 12.8. The second kappa shape index (κ2) is 5.83. The van der Waals surface area contributed by atoms with Gasteiger partial charge in [0.1, 0.15) is 5.82 Å². The number of hydrogen-bond donors (Lipinski definition) is 1. The minimum Gasteiger partial charge on any atom is -0.353 e. The quantitative estimate of drug-likeness (QED) is 0.883. The SMILES string of the molecule is NCc1ccc(N2CCN(c3cccnn3)CC2)nc1. The van der Waals surface area contributed by atoms with Crippen LogP contribution in [0, 0.1) is 0 Å². The molecule has 0 amide bonds. The molecule has 6 nitrogen and oxygen atoms in total. The van der Waals surface area contributed by atoms with Crippen LogP contribution in [0.1, 0.15) is 5.56 Å². The monoisotopic (exact) mass is 270 g/mol. The van der Waals surface area contributed by atoms with E-state index in [0.29, 0.717) is 6.54 Å². The topological polar surface area (TPSA) is 71.2 Å². The molecular formula is C14H18N6. The van der Waals surface area contributed by atoms with E-state index in [2.05, 4.69) is 25.0 Å². The van der Waals surface area contributed by atoms with Crippen LogP contribution in [0.25, 0.3) is 0 Å². The molecule has 20 heavy (non-hydrogen) atoms. The summed E-state index contributed by atoms with van der Waals surface area (Å²) < 4.78 is 0. The van der Waals surface area contributed by atoms with E-state index in [9.17, 15) is 0 Å². The molecule has 1 saturated heterocycles. The summed E-state index contributed by atoms with van der Waals surface area (Å²) in [7, 11) is 0. The van der Waals surface area contributed by atoms with Gasteiger partial charge in [-0.25, -0.2) is 4.98 Å². The third-order valence-corrected chi connectivity index (χ3v) is 3.53. The Balaban J connectivity index is 1.63. The van der Waals surface area contributed by atoms with Crippen LogP contribution in [0.3, 0.4) is 0 Å². The van der Waals surface area contributed by atoms with Crippen LogP contribution in [0.2, 0.25) is 0 Å². The predicted octanol–water partition coefficient (Wildman–Crippen LogP) is 0.657. The second-order valence-corrected chi connectivity index (χ2v) is 4.78. The number of nitrogens with two attached hydrogens (primary N) is 1. The molecule has 2 aromatic rings. The molecule has 6 heteroatoms. The zero-order valence-electron chi connectivity index (χ0n) is 11.3. The first-order chi connectivity index (χ1) is 9.86. The van der Waals surface area contributed by atoms with E-state index in [1.54, 1.807) is 6.20 Å². The molecule has 3 rings (SSSR count). The van der Waals surface area contributed by atoms with Crippen molar-refractivity contribution >= 4 is 11.6 Å². The molecule has 2 aromatic heterocycles.